The number of aliphatic hydroxyl groups is 1. The van der Waals surface area contributed by atoms with E-state index in [2.05, 4.69) is 11.9 Å². The van der Waals surface area contributed by atoms with Gasteiger partial charge in [0.1, 0.15) is 0 Å². The standard InChI is InChI=1S/C14H21NO3S/c1-2-11-3-4-13(15-9-11)8-14(16)7-12-5-6-19(17,18)10-12/h3-4,9,12,14,16H,2,5-8,10H2,1H3. The summed E-state index contributed by atoms with van der Waals surface area (Å²) in [6.45, 7) is 2.08. The Morgan fingerprint density at radius 1 is 1.47 bits per heavy atom. The average molecular weight is 283 g/mol. The molecular formula is C14H21NO3S. The van der Waals surface area contributed by atoms with Gasteiger partial charge in [0.05, 0.1) is 17.6 Å². The molecule has 1 aromatic rings. The Morgan fingerprint density at radius 3 is 2.79 bits per heavy atom. The summed E-state index contributed by atoms with van der Waals surface area (Å²) in [4.78, 5) is 4.31. The molecule has 0 spiro atoms. The van der Waals surface area contributed by atoms with Gasteiger partial charge in [0.25, 0.3) is 0 Å². The molecule has 1 N–H and O–H groups in total. The number of nitrogens with zero attached hydrogens (tertiary/aromatic N) is 1. The molecule has 5 heteroatoms. The fraction of sp³-hybridized carbons (Fsp3) is 0.643. The van der Waals surface area contributed by atoms with Gasteiger partial charge in [-0.2, -0.15) is 0 Å². The first-order valence-electron chi connectivity index (χ1n) is 6.81. The maximum absolute atomic E-state index is 11.4. The van der Waals surface area contributed by atoms with Gasteiger partial charge >= 0.3 is 0 Å². The second kappa shape index (κ2) is 6.01. The van der Waals surface area contributed by atoms with Crippen molar-refractivity contribution in [1.29, 1.82) is 0 Å². The number of aryl methyl sites for hydroxylation is 1. The lowest BCUT2D eigenvalue weighted by molar-refractivity contribution is 0.146. The highest BCUT2D eigenvalue weighted by Crippen LogP contribution is 2.23. The van der Waals surface area contributed by atoms with Crippen LogP contribution in [0.15, 0.2) is 18.3 Å². The predicted octanol–water partition coefficient (Wildman–Crippen LogP) is 1.37. The van der Waals surface area contributed by atoms with Crippen LogP contribution in [0.5, 0.6) is 0 Å². The van der Waals surface area contributed by atoms with E-state index < -0.39 is 15.9 Å². The first-order valence-corrected chi connectivity index (χ1v) is 8.63. The van der Waals surface area contributed by atoms with Crippen molar-refractivity contribution in [3.8, 4) is 0 Å². The Morgan fingerprint density at radius 2 is 2.26 bits per heavy atom. The molecule has 2 rings (SSSR count). The van der Waals surface area contributed by atoms with Gasteiger partial charge in [-0.15, -0.1) is 0 Å². The number of hydrogen-bond acceptors (Lipinski definition) is 4. The summed E-state index contributed by atoms with van der Waals surface area (Å²) < 4.78 is 22.7. The lowest BCUT2D eigenvalue weighted by atomic mass is 9.98. The molecule has 106 valence electrons. The fourth-order valence-electron chi connectivity index (χ4n) is 2.55. The van der Waals surface area contributed by atoms with E-state index in [0.717, 1.165) is 12.1 Å². The second-order valence-electron chi connectivity index (χ2n) is 5.37. The maximum atomic E-state index is 11.4. The molecule has 19 heavy (non-hydrogen) atoms. The highest BCUT2D eigenvalue weighted by atomic mass is 32.2. The van der Waals surface area contributed by atoms with Crippen molar-refractivity contribution < 1.29 is 13.5 Å². The molecule has 1 aliphatic rings. The molecular weight excluding hydrogens is 262 g/mol. The van der Waals surface area contributed by atoms with Gasteiger partial charge in [-0.1, -0.05) is 13.0 Å². The van der Waals surface area contributed by atoms with Gasteiger partial charge in [-0.25, -0.2) is 8.42 Å². The van der Waals surface area contributed by atoms with E-state index in [0.29, 0.717) is 19.3 Å². The number of pyridine rings is 1. The third-order valence-electron chi connectivity index (χ3n) is 3.67. The molecule has 1 aliphatic heterocycles. The lowest BCUT2D eigenvalue weighted by Gasteiger charge is -2.14. The van der Waals surface area contributed by atoms with Gasteiger partial charge < -0.3 is 5.11 Å². The molecule has 1 fully saturated rings. The first-order chi connectivity index (χ1) is 8.98. The minimum Gasteiger partial charge on any atom is -0.393 e. The first kappa shape index (κ1) is 14.5. The van der Waals surface area contributed by atoms with E-state index in [9.17, 15) is 13.5 Å². The van der Waals surface area contributed by atoms with Crippen LogP contribution in [0.4, 0.5) is 0 Å². The molecule has 4 nitrogen and oxygen atoms in total. The molecule has 1 aromatic heterocycles. The molecule has 1 saturated heterocycles. The van der Waals surface area contributed by atoms with Gasteiger partial charge in [0, 0.05) is 18.3 Å². The van der Waals surface area contributed by atoms with E-state index in [-0.39, 0.29) is 17.4 Å². The number of aromatic nitrogens is 1. The molecule has 0 amide bonds. The van der Waals surface area contributed by atoms with E-state index in [4.69, 9.17) is 0 Å². The Labute approximate surface area is 114 Å². The quantitative estimate of drug-likeness (QED) is 0.886. The highest BCUT2D eigenvalue weighted by molar-refractivity contribution is 7.91. The topological polar surface area (TPSA) is 67.3 Å². The molecule has 0 radical (unpaired) electrons. The predicted molar refractivity (Wildman–Crippen MR) is 74.7 cm³/mol. The van der Waals surface area contributed by atoms with Crippen LogP contribution >= 0.6 is 0 Å². The zero-order valence-electron chi connectivity index (χ0n) is 11.2. The van der Waals surface area contributed by atoms with Crippen LogP contribution in [-0.4, -0.2) is 36.1 Å². The van der Waals surface area contributed by atoms with Crippen LogP contribution in [0.3, 0.4) is 0 Å². The summed E-state index contributed by atoms with van der Waals surface area (Å²) in [5.74, 6) is 0.606. The van der Waals surface area contributed by atoms with E-state index in [1.165, 1.54) is 5.56 Å². The van der Waals surface area contributed by atoms with Crippen LogP contribution in [0.25, 0.3) is 0 Å². The number of aliphatic hydroxyl groups excluding tert-OH is 1. The molecule has 0 bridgehead atoms. The van der Waals surface area contributed by atoms with Crippen molar-refractivity contribution in [1.82, 2.24) is 4.98 Å². The summed E-state index contributed by atoms with van der Waals surface area (Å²) in [5.41, 5.74) is 2.05. The molecule has 0 aromatic carbocycles. The molecule has 2 atom stereocenters. The Balaban J connectivity index is 1.85. The SMILES string of the molecule is CCc1ccc(CC(O)CC2CCS(=O)(=O)C2)nc1. The van der Waals surface area contributed by atoms with Crippen molar-refractivity contribution in [2.75, 3.05) is 11.5 Å². The third-order valence-corrected chi connectivity index (χ3v) is 5.51. The van der Waals surface area contributed by atoms with Crippen molar-refractivity contribution in [2.24, 2.45) is 5.92 Å². The minimum absolute atomic E-state index is 0.106. The van der Waals surface area contributed by atoms with Crippen molar-refractivity contribution in [3.63, 3.8) is 0 Å². The molecule has 0 saturated carbocycles. The van der Waals surface area contributed by atoms with Crippen LogP contribution in [0.2, 0.25) is 0 Å². The van der Waals surface area contributed by atoms with Crippen LogP contribution in [0.1, 0.15) is 31.0 Å². The van der Waals surface area contributed by atoms with Crippen LogP contribution in [-0.2, 0) is 22.7 Å². The van der Waals surface area contributed by atoms with Gasteiger partial charge in [-0.3, -0.25) is 4.98 Å². The summed E-state index contributed by atoms with van der Waals surface area (Å²) in [6.07, 6.45) is 4.02. The Kier molecular flexibility index (Phi) is 4.58. The van der Waals surface area contributed by atoms with Crippen molar-refractivity contribution >= 4 is 9.84 Å². The number of hydrogen-bond donors (Lipinski definition) is 1. The van der Waals surface area contributed by atoms with Crippen molar-refractivity contribution in [3.05, 3.63) is 29.6 Å². The number of sulfone groups is 1. The zero-order chi connectivity index (χ0) is 13.9. The minimum atomic E-state index is -2.85. The van der Waals surface area contributed by atoms with Crippen LogP contribution < -0.4 is 0 Å². The maximum Gasteiger partial charge on any atom is 0.150 e. The average Bonchev–Trinajstić information content (AvgIpc) is 2.69. The smallest absolute Gasteiger partial charge is 0.150 e. The monoisotopic (exact) mass is 283 g/mol. The van der Waals surface area contributed by atoms with E-state index in [1.54, 1.807) is 0 Å². The summed E-state index contributed by atoms with van der Waals surface area (Å²) in [7, 11) is -2.85. The van der Waals surface area contributed by atoms with Crippen molar-refractivity contribution in [2.45, 2.75) is 38.7 Å². The van der Waals surface area contributed by atoms with E-state index in [1.807, 2.05) is 18.3 Å². The third kappa shape index (κ3) is 4.28. The van der Waals surface area contributed by atoms with Gasteiger partial charge in [-0.05, 0) is 36.8 Å². The molecule has 0 aliphatic carbocycles. The molecule has 2 heterocycles. The van der Waals surface area contributed by atoms with Gasteiger partial charge in [0.2, 0.25) is 0 Å². The Hall–Kier alpha value is -0.940. The lowest BCUT2D eigenvalue weighted by Crippen LogP contribution is -2.17. The number of rotatable bonds is 5. The summed E-state index contributed by atoms with van der Waals surface area (Å²) in [5, 5.41) is 10.0. The molecule has 2 unspecified atom stereocenters. The fourth-order valence-corrected chi connectivity index (χ4v) is 4.43. The van der Waals surface area contributed by atoms with E-state index >= 15 is 0 Å². The second-order valence-corrected chi connectivity index (χ2v) is 7.60. The van der Waals surface area contributed by atoms with Gasteiger partial charge in [0.15, 0.2) is 9.84 Å². The largest absolute Gasteiger partial charge is 0.393 e. The Bertz CT molecular complexity index is 510. The summed E-state index contributed by atoms with van der Waals surface area (Å²) >= 11 is 0. The summed E-state index contributed by atoms with van der Waals surface area (Å²) in [6, 6.07) is 3.96. The highest BCUT2D eigenvalue weighted by Gasteiger charge is 2.29. The normalized spacial score (nSPS) is 23.4. The zero-order valence-corrected chi connectivity index (χ0v) is 12.1. The van der Waals surface area contributed by atoms with Crippen LogP contribution in [0, 0.1) is 5.92 Å².